The summed E-state index contributed by atoms with van der Waals surface area (Å²) in [6.07, 6.45) is 3.64. The lowest BCUT2D eigenvalue weighted by Gasteiger charge is -2.24. The number of nitrogens with zero attached hydrogens (tertiary/aromatic N) is 2. The van der Waals surface area contributed by atoms with Crippen LogP contribution in [-0.2, 0) is 9.59 Å². The first-order valence-electron chi connectivity index (χ1n) is 5.52. The molecule has 1 aromatic rings. The van der Waals surface area contributed by atoms with Gasteiger partial charge in [0.1, 0.15) is 0 Å². The SMILES string of the molecule is CNC(=O)[C@@H]1CC(=O)N(C)[C@H]1c1cccnc1. The van der Waals surface area contributed by atoms with Crippen molar-refractivity contribution in [3.8, 4) is 0 Å². The largest absolute Gasteiger partial charge is 0.359 e. The molecule has 2 rings (SSSR count). The molecular weight excluding hydrogens is 218 g/mol. The van der Waals surface area contributed by atoms with Gasteiger partial charge in [-0.15, -0.1) is 0 Å². The molecule has 0 saturated carbocycles. The van der Waals surface area contributed by atoms with E-state index in [-0.39, 0.29) is 30.2 Å². The van der Waals surface area contributed by atoms with Crippen molar-refractivity contribution >= 4 is 11.8 Å². The van der Waals surface area contributed by atoms with Crippen molar-refractivity contribution in [3.63, 3.8) is 0 Å². The van der Waals surface area contributed by atoms with Crippen molar-refractivity contribution in [3.05, 3.63) is 30.1 Å². The third-order valence-corrected chi connectivity index (χ3v) is 3.20. The maximum Gasteiger partial charge on any atom is 0.225 e. The summed E-state index contributed by atoms with van der Waals surface area (Å²) in [5.41, 5.74) is 0.898. The average molecular weight is 233 g/mol. The van der Waals surface area contributed by atoms with E-state index >= 15 is 0 Å². The first kappa shape index (κ1) is 11.6. The maximum atomic E-state index is 11.8. The first-order valence-corrected chi connectivity index (χ1v) is 5.52. The van der Waals surface area contributed by atoms with Crippen LogP contribution in [0.4, 0.5) is 0 Å². The highest BCUT2D eigenvalue weighted by molar-refractivity contribution is 5.90. The second-order valence-electron chi connectivity index (χ2n) is 4.16. The third kappa shape index (κ3) is 2.00. The van der Waals surface area contributed by atoms with Crippen LogP contribution in [0.3, 0.4) is 0 Å². The van der Waals surface area contributed by atoms with Crippen molar-refractivity contribution in [1.82, 2.24) is 15.2 Å². The van der Waals surface area contributed by atoms with Gasteiger partial charge in [-0.3, -0.25) is 14.6 Å². The second kappa shape index (κ2) is 4.53. The van der Waals surface area contributed by atoms with E-state index < -0.39 is 0 Å². The highest BCUT2D eigenvalue weighted by atomic mass is 16.2. The standard InChI is InChI=1S/C12H15N3O2/c1-13-12(17)9-6-10(16)15(2)11(9)8-4-3-5-14-7-8/h3-5,7,9,11H,6H2,1-2H3,(H,13,17)/t9-,11+/m1/s1. The Morgan fingerprint density at radius 2 is 2.35 bits per heavy atom. The molecule has 0 aromatic carbocycles. The lowest BCUT2D eigenvalue weighted by molar-refractivity contribution is -0.128. The quantitative estimate of drug-likeness (QED) is 0.801. The van der Waals surface area contributed by atoms with Gasteiger partial charge in [0, 0.05) is 32.9 Å². The molecule has 90 valence electrons. The van der Waals surface area contributed by atoms with E-state index in [1.807, 2.05) is 12.1 Å². The molecule has 2 heterocycles. The molecule has 1 saturated heterocycles. The minimum atomic E-state index is -0.332. The fraction of sp³-hybridized carbons (Fsp3) is 0.417. The number of carbonyl (C=O) groups excluding carboxylic acids is 2. The van der Waals surface area contributed by atoms with E-state index in [1.54, 1.807) is 31.4 Å². The van der Waals surface area contributed by atoms with Crippen LogP contribution < -0.4 is 5.32 Å². The Morgan fingerprint density at radius 1 is 1.59 bits per heavy atom. The van der Waals surface area contributed by atoms with Gasteiger partial charge < -0.3 is 10.2 Å². The molecule has 1 N–H and O–H groups in total. The molecule has 5 heteroatoms. The normalized spacial score (nSPS) is 23.9. The van der Waals surface area contributed by atoms with Crippen LogP contribution in [0.1, 0.15) is 18.0 Å². The summed E-state index contributed by atoms with van der Waals surface area (Å²) in [4.78, 5) is 29.2. The molecule has 1 aliphatic heterocycles. The van der Waals surface area contributed by atoms with Gasteiger partial charge in [0.15, 0.2) is 0 Å². The summed E-state index contributed by atoms with van der Waals surface area (Å²) in [5, 5.41) is 2.61. The lowest BCUT2D eigenvalue weighted by atomic mass is 9.94. The van der Waals surface area contributed by atoms with Crippen molar-refractivity contribution in [1.29, 1.82) is 0 Å². The van der Waals surface area contributed by atoms with Crippen LogP contribution in [0.5, 0.6) is 0 Å². The summed E-state index contributed by atoms with van der Waals surface area (Å²) in [7, 11) is 3.31. The summed E-state index contributed by atoms with van der Waals surface area (Å²) >= 11 is 0. The summed E-state index contributed by atoms with van der Waals surface area (Å²) in [5.74, 6) is -0.439. The summed E-state index contributed by atoms with van der Waals surface area (Å²) in [6, 6.07) is 3.49. The molecule has 2 atom stereocenters. The highest BCUT2D eigenvalue weighted by Gasteiger charge is 2.42. The van der Waals surface area contributed by atoms with Crippen molar-refractivity contribution in [2.24, 2.45) is 5.92 Å². The lowest BCUT2D eigenvalue weighted by Crippen LogP contribution is -2.32. The van der Waals surface area contributed by atoms with E-state index in [0.29, 0.717) is 0 Å². The Bertz CT molecular complexity index is 433. The Balaban J connectivity index is 2.34. The van der Waals surface area contributed by atoms with Gasteiger partial charge in [0.2, 0.25) is 11.8 Å². The van der Waals surface area contributed by atoms with E-state index in [1.165, 1.54) is 0 Å². The molecule has 0 bridgehead atoms. The van der Waals surface area contributed by atoms with Crippen LogP contribution in [0.15, 0.2) is 24.5 Å². The van der Waals surface area contributed by atoms with Gasteiger partial charge in [-0.1, -0.05) is 6.07 Å². The van der Waals surface area contributed by atoms with Gasteiger partial charge in [-0.05, 0) is 11.6 Å². The topological polar surface area (TPSA) is 62.3 Å². The number of likely N-dealkylation sites (tertiary alicyclic amines) is 1. The molecule has 17 heavy (non-hydrogen) atoms. The average Bonchev–Trinajstić information content (AvgIpc) is 2.66. The molecular formula is C12H15N3O2. The number of amides is 2. The molecule has 5 nitrogen and oxygen atoms in total. The molecule has 0 radical (unpaired) electrons. The Hall–Kier alpha value is -1.91. The first-order chi connectivity index (χ1) is 8.15. The monoisotopic (exact) mass is 233 g/mol. The summed E-state index contributed by atoms with van der Waals surface area (Å²) in [6.45, 7) is 0. The second-order valence-corrected chi connectivity index (χ2v) is 4.16. The molecule has 2 amide bonds. The van der Waals surface area contributed by atoms with Crippen molar-refractivity contribution < 1.29 is 9.59 Å². The number of pyridine rings is 1. The zero-order chi connectivity index (χ0) is 12.4. The van der Waals surface area contributed by atoms with Gasteiger partial charge in [0.25, 0.3) is 0 Å². The zero-order valence-electron chi connectivity index (χ0n) is 9.88. The smallest absolute Gasteiger partial charge is 0.225 e. The number of nitrogens with one attached hydrogen (secondary N) is 1. The van der Waals surface area contributed by atoms with Gasteiger partial charge in [-0.2, -0.15) is 0 Å². The van der Waals surface area contributed by atoms with Gasteiger partial charge in [-0.25, -0.2) is 0 Å². The highest BCUT2D eigenvalue weighted by Crippen LogP contribution is 2.36. The van der Waals surface area contributed by atoms with E-state index in [4.69, 9.17) is 0 Å². The molecule has 1 aliphatic rings. The number of rotatable bonds is 2. The fourth-order valence-electron chi connectivity index (χ4n) is 2.30. The van der Waals surface area contributed by atoms with Crippen LogP contribution in [-0.4, -0.2) is 35.8 Å². The molecule has 1 fully saturated rings. The molecule has 0 spiro atoms. The van der Waals surface area contributed by atoms with Crippen molar-refractivity contribution in [2.75, 3.05) is 14.1 Å². The minimum absolute atomic E-state index is 0.00699. The predicted octanol–water partition coefficient (Wildman–Crippen LogP) is 0.347. The van der Waals surface area contributed by atoms with E-state index in [2.05, 4.69) is 10.3 Å². The minimum Gasteiger partial charge on any atom is -0.359 e. The maximum absolute atomic E-state index is 11.8. The van der Waals surface area contributed by atoms with Crippen LogP contribution in [0.25, 0.3) is 0 Å². The Morgan fingerprint density at radius 3 is 2.94 bits per heavy atom. The van der Waals surface area contributed by atoms with E-state index in [0.717, 1.165) is 5.56 Å². The Labute approximate surface area is 99.8 Å². The molecule has 0 aliphatic carbocycles. The van der Waals surface area contributed by atoms with E-state index in [9.17, 15) is 9.59 Å². The predicted molar refractivity (Wildman–Crippen MR) is 61.9 cm³/mol. The third-order valence-electron chi connectivity index (χ3n) is 3.20. The number of hydrogen-bond donors (Lipinski definition) is 1. The molecule has 1 aromatic heterocycles. The summed E-state index contributed by atoms with van der Waals surface area (Å²) < 4.78 is 0. The van der Waals surface area contributed by atoms with Crippen LogP contribution in [0.2, 0.25) is 0 Å². The zero-order valence-corrected chi connectivity index (χ0v) is 9.88. The van der Waals surface area contributed by atoms with Gasteiger partial charge in [0.05, 0.1) is 12.0 Å². The van der Waals surface area contributed by atoms with Crippen LogP contribution >= 0.6 is 0 Å². The van der Waals surface area contributed by atoms with Gasteiger partial charge >= 0.3 is 0 Å². The number of hydrogen-bond acceptors (Lipinski definition) is 3. The Kier molecular flexibility index (Phi) is 3.08. The number of carbonyl (C=O) groups is 2. The van der Waals surface area contributed by atoms with Crippen LogP contribution in [0, 0.1) is 5.92 Å². The fourth-order valence-corrected chi connectivity index (χ4v) is 2.30. The number of aromatic nitrogens is 1. The molecule has 0 unspecified atom stereocenters. The van der Waals surface area contributed by atoms with Crippen molar-refractivity contribution in [2.45, 2.75) is 12.5 Å².